The summed E-state index contributed by atoms with van der Waals surface area (Å²) in [5.74, 6) is 0.152. The molecule has 12 nitrogen and oxygen atoms in total. The van der Waals surface area contributed by atoms with Crippen LogP contribution < -0.4 is 11.5 Å². The Bertz CT molecular complexity index is 763. The molecule has 3 rings (SSSR count). The van der Waals surface area contributed by atoms with Crippen molar-refractivity contribution in [3.8, 4) is 0 Å². The lowest BCUT2D eigenvalue weighted by Crippen LogP contribution is -2.37. The molecule has 4 atom stereocenters. The van der Waals surface area contributed by atoms with Gasteiger partial charge in [0.25, 0.3) is 0 Å². The van der Waals surface area contributed by atoms with Crippen molar-refractivity contribution in [3.63, 3.8) is 0 Å². The maximum atomic E-state index is 11.1. The summed E-state index contributed by atoms with van der Waals surface area (Å²) in [4.78, 5) is 29.8. The van der Waals surface area contributed by atoms with Crippen LogP contribution in [-0.2, 0) is 13.8 Å². The number of nitrogens with two attached hydrogens (primary N) is 2. The van der Waals surface area contributed by atoms with Crippen LogP contribution in [0.4, 0.5) is 5.82 Å². The molecular weight excluding hydrogens is 331 g/mol. The molecule has 13 heteroatoms. The summed E-state index contributed by atoms with van der Waals surface area (Å²) in [6, 6.07) is 0. The molecule has 0 aromatic carbocycles. The maximum Gasteiger partial charge on any atom is 0.470 e. The normalized spacial score (nSPS) is 28.5. The summed E-state index contributed by atoms with van der Waals surface area (Å²) < 4.78 is 22.6. The molecule has 0 radical (unpaired) electrons. The zero-order valence-corrected chi connectivity index (χ0v) is 12.5. The molecule has 3 heterocycles. The van der Waals surface area contributed by atoms with Crippen LogP contribution in [0, 0.1) is 0 Å². The van der Waals surface area contributed by atoms with E-state index in [4.69, 9.17) is 26.0 Å². The quantitative estimate of drug-likeness (QED) is 0.388. The van der Waals surface area contributed by atoms with E-state index in [-0.39, 0.29) is 12.4 Å². The van der Waals surface area contributed by atoms with Crippen LogP contribution in [0.3, 0.4) is 0 Å². The van der Waals surface area contributed by atoms with Gasteiger partial charge in [-0.1, -0.05) is 0 Å². The molecule has 1 aliphatic rings. The number of fused-ring (bicyclic) bond motifs is 1. The summed E-state index contributed by atoms with van der Waals surface area (Å²) in [6.07, 6.45) is -2.11. The molecule has 2 unspecified atom stereocenters. The van der Waals surface area contributed by atoms with E-state index in [1.54, 1.807) is 0 Å². The van der Waals surface area contributed by atoms with Crippen LogP contribution in [0.5, 0.6) is 0 Å². The minimum Gasteiger partial charge on any atom is -0.386 e. The molecular formula is C10H15N6O6P. The average Bonchev–Trinajstić information content (AvgIpc) is 3.01. The third kappa shape index (κ3) is 2.93. The van der Waals surface area contributed by atoms with Crippen molar-refractivity contribution in [2.24, 2.45) is 5.73 Å². The molecule has 1 saturated heterocycles. The Morgan fingerprint density at radius 1 is 1.39 bits per heavy atom. The van der Waals surface area contributed by atoms with Crippen molar-refractivity contribution < 1.29 is 28.7 Å². The lowest BCUT2D eigenvalue weighted by Gasteiger charge is -2.20. The zero-order chi connectivity index (χ0) is 16.8. The van der Waals surface area contributed by atoms with Crippen LogP contribution in [0.15, 0.2) is 12.7 Å². The first-order chi connectivity index (χ1) is 10.8. The number of hydrogen-bond donors (Lipinski definition) is 5. The molecule has 0 saturated carbocycles. The molecule has 1 fully saturated rings. The fourth-order valence-electron chi connectivity index (χ4n) is 2.48. The van der Waals surface area contributed by atoms with Crippen molar-refractivity contribution in [3.05, 3.63) is 12.7 Å². The number of aliphatic hydroxyl groups excluding tert-OH is 1. The number of phosphoric ester groups is 1. The zero-order valence-electron chi connectivity index (χ0n) is 11.6. The fourth-order valence-corrected chi connectivity index (χ4v) is 3.06. The second kappa shape index (κ2) is 5.76. The topological polar surface area (TPSA) is 192 Å². The van der Waals surface area contributed by atoms with Crippen LogP contribution >= 0.6 is 7.82 Å². The third-order valence-electron chi connectivity index (χ3n) is 3.46. The largest absolute Gasteiger partial charge is 0.470 e. The van der Waals surface area contributed by atoms with Gasteiger partial charge in [0.2, 0.25) is 0 Å². The molecule has 0 amide bonds. The number of anilines is 1. The molecule has 0 spiro atoms. The van der Waals surface area contributed by atoms with E-state index in [0.717, 1.165) is 0 Å². The van der Waals surface area contributed by atoms with Gasteiger partial charge in [-0.3, -0.25) is 9.09 Å². The summed E-state index contributed by atoms with van der Waals surface area (Å²) in [5.41, 5.74) is 11.8. The number of rotatable bonds is 4. The minimum atomic E-state index is -4.83. The summed E-state index contributed by atoms with van der Waals surface area (Å²) in [5, 5.41) is 10.3. The lowest BCUT2D eigenvalue weighted by molar-refractivity contribution is -0.0322. The van der Waals surface area contributed by atoms with E-state index in [0.29, 0.717) is 11.2 Å². The standard InChI is InChI=1S/C10H15N6O6P/c11-1-4-7(22-23(18,19)20)6(17)10(21-4)16-3-15-5-8(12)13-2-14-9(5)16/h2-4,6-7,10,17H,1,11H2,(H2,12,13,14)(H2,18,19,20)/t4-,6?,7?,10-/m1/s1. The van der Waals surface area contributed by atoms with Crippen molar-refractivity contribution >= 4 is 24.8 Å². The van der Waals surface area contributed by atoms with Crippen LogP contribution in [0.2, 0.25) is 0 Å². The summed E-state index contributed by atoms with van der Waals surface area (Å²) in [7, 11) is -4.83. The highest BCUT2D eigenvalue weighted by molar-refractivity contribution is 7.46. The van der Waals surface area contributed by atoms with Crippen molar-refractivity contribution in [2.45, 2.75) is 24.5 Å². The van der Waals surface area contributed by atoms with E-state index in [1.807, 2.05) is 0 Å². The van der Waals surface area contributed by atoms with E-state index < -0.39 is 32.4 Å². The van der Waals surface area contributed by atoms with Gasteiger partial charge in [-0.25, -0.2) is 19.5 Å². The maximum absolute atomic E-state index is 11.1. The van der Waals surface area contributed by atoms with Crippen LogP contribution in [-0.4, -0.2) is 59.3 Å². The second-order valence-corrected chi connectivity index (χ2v) is 6.13. The van der Waals surface area contributed by atoms with Gasteiger partial charge >= 0.3 is 7.82 Å². The number of imidazole rings is 1. The number of hydrogen-bond acceptors (Lipinski definition) is 9. The number of nitrogens with zero attached hydrogens (tertiary/aromatic N) is 4. The van der Waals surface area contributed by atoms with E-state index in [2.05, 4.69) is 19.5 Å². The van der Waals surface area contributed by atoms with Gasteiger partial charge in [-0.05, 0) is 0 Å². The van der Waals surface area contributed by atoms with E-state index >= 15 is 0 Å². The molecule has 0 bridgehead atoms. The monoisotopic (exact) mass is 346 g/mol. The predicted molar refractivity (Wildman–Crippen MR) is 75.6 cm³/mol. The van der Waals surface area contributed by atoms with Crippen molar-refractivity contribution in [2.75, 3.05) is 12.3 Å². The number of aliphatic hydroxyl groups is 1. The molecule has 2 aromatic rings. The van der Waals surface area contributed by atoms with E-state index in [9.17, 15) is 9.67 Å². The number of nitrogen functional groups attached to an aromatic ring is 1. The fraction of sp³-hybridized carbons (Fsp3) is 0.500. The average molecular weight is 346 g/mol. The van der Waals surface area contributed by atoms with Crippen LogP contribution in [0.25, 0.3) is 11.2 Å². The van der Waals surface area contributed by atoms with Gasteiger partial charge in [0.15, 0.2) is 17.7 Å². The molecule has 126 valence electrons. The molecule has 7 N–H and O–H groups in total. The minimum absolute atomic E-state index is 0.109. The van der Waals surface area contributed by atoms with Gasteiger partial charge in [0.05, 0.1) is 6.33 Å². The SMILES string of the molecule is NC[C@H]1O[C@@H](n2cnc3c(N)ncnc32)C(O)C1OP(=O)(O)O. The number of aromatic nitrogens is 4. The first-order valence-corrected chi connectivity index (χ1v) is 8.05. The Hall–Kier alpha value is -1.66. The van der Waals surface area contributed by atoms with Crippen LogP contribution in [0.1, 0.15) is 6.23 Å². The Morgan fingerprint density at radius 3 is 2.78 bits per heavy atom. The van der Waals surface area contributed by atoms with E-state index in [1.165, 1.54) is 17.2 Å². The smallest absolute Gasteiger partial charge is 0.386 e. The Labute approximate surface area is 129 Å². The molecule has 2 aromatic heterocycles. The second-order valence-electron chi connectivity index (χ2n) is 4.93. The third-order valence-corrected chi connectivity index (χ3v) is 3.98. The highest BCUT2D eigenvalue weighted by Crippen LogP contribution is 2.44. The van der Waals surface area contributed by atoms with Gasteiger partial charge in [-0.15, -0.1) is 0 Å². The summed E-state index contributed by atoms with van der Waals surface area (Å²) in [6.45, 7) is -0.109. The van der Waals surface area contributed by atoms with Gasteiger partial charge in [0, 0.05) is 6.54 Å². The molecule has 0 aliphatic carbocycles. The Balaban J connectivity index is 1.96. The molecule has 23 heavy (non-hydrogen) atoms. The predicted octanol–water partition coefficient (Wildman–Crippen LogP) is -1.90. The summed E-state index contributed by atoms with van der Waals surface area (Å²) >= 11 is 0. The van der Waals surface area contributed by atoms with Gasteiger partial charge in [-0.2, -0.15) is 0 Å². The first kappa shape index (κ1) is 16.2. The van der Waals surface area contributed by atoms with Crippen molar-refractivity contribution in [1.29, 1.82) is 0 Å². The van der Waals surface area contributed by atoms with Gasteiger partial charge < -0.3 is 31.1 Å². The highest BCUT2D eigenvalue weighted by Gasteiger charge is 2.48. The Morgan fingerprint density at radius 2 is 2.13 bits per heavy atom. The highest BCUT2D eigenvalue weighted by atomic mass is 31.2. The first-order valence-electron chi connectivity index (χ1n) is 6.52. The lowest BCUT2D eigenvalue weighted by atomic mass is 10.1. The van der Waals surface area contributed by atoms with Gasteiger partial charge in [0.1, 0.15) is 30.2 Å². The number of phosphoric acid groups is 1. The van der Waals surface area contributed by atoms with Crippen molar-refractivity contribution in [1.82, 2.24) is 19.5 Å². The molecule has 1 aliphatic heterocycles. The Kier molecular flexibility index (Phi) is 4.06. The number of ether oxygens (including phenoxy) is 1.